The molecule has 1 aromatic rings. The quantitative estimate of drug-likeness (QED) is 0.739. The molecular formula is C16H16O2. The Hall–Kier alpha value is -1.70. The Morgan fingerprint density at radius 1 is 0.722 bits per heavy atom. The molecule has 0 amide bonds. The zero-order valence-corrected chi connectivity index (χ0v) is 10.6. The smallest absolute Gasteiger partial charge is 0.123 e. The molecule has 5 rings (SSSR count). The maximum atomic E-state index is 5.56. The van der Waals surface area contributed by atoms with E-state index in [1.807, 2.05) is 12.1 Å². The van der Waals surface area contributed by atoms with Gasteiger partial charge in [0, 0.05) is 23.0 Å². The van der Waals surface area contributed by atoms with E-state index in [-0.39, 0.29) is 0 Å². The predicted molar refractivity (Wildman–Crippen MR) is 70.3 cm³/mol. The SMILES string of the molecule is COc1ccc(OC)c2c1[C@H]1C=C[C@H]2[C@H]2C=C[C@H]21. The first kappa shape index (κ1) is 10.2. The van der Waals surface area contributed by atoms with E-state index in [0.717, 1.165) is 11.5 Å². The fraction of sp³-hybridized carbons (Fsp3) is 0.375. The van der Waals surface area contributed by atoms with Gasteiger partial charge in [-0.1, -0.05) is 24.3 Å². The van der Waals surface area contributed by atoms with Gasteiger partial charge in [0.25, 0.3) is 0 Å². The van der Waals surface area contributed by atoms with Gasteiger partial charge in [-0.15, -0.1) is 0 Å². The van der Waals surface area contributed by atoms with E-state index in [2.05, 4.69) is 24.3 Å². The first-order valence-electron chi connectivity index (χ1n) is 6.46. The summed E-state index contributed by atoms with van der Waals surface area (Å²) in [6.07, 6.45) is 9.38. The zero-order valence-electron chi connectivity index (χ0n) is 10.6. The fourth-order valence-corrected chi connectivity index (χ4v) is 3.80. The van der Waals surface area contributed by atoms with Crippen LogP contribution in [0.4, 0.5) is 0 Å². The summed E-state index contributed by atoms with van der Waals surface area (Å²) in [5.74, 6) is 4.25. The largest absolute Gasteiger partial charge is 0.496 e. The third-order valence-corrected chi connectivity index (χ3v) is 4.67. The summed E-state index contributed by atoms with van der Waals surface area (Å²) in [5.41, 5.74) is 2.69. The number of hydrogen-bond donors (Lipinski definition) is 0. The molecule has 0 radical (unpaired) electrons. The van der Waals surface area contributed by atoms with E-state index in [9.17, 15) is 0 Å². The topological polar surface area (TPSA) is 18.5 Å². The lowest BCUT2D eigenvalue weighted by atomic mass is 9.55. The van der Waals surface area contributed by atoms with E-state index in [4.69, 9.17) is 9.47 Å². The highest BCUT2D eigenvalue weighted by atomic mass is 16.5. The molecule has 92 valence electrons. The maximum Gasteiger partial charge on any atom is 0.123 e. The van der Waals surface area contributed by atoms with Crippen LogP contribution < -0.4 is 9.47 Å². The van der Waals surface area contributed by atoms with Crippen LogP contribution in [0.3, 0.4) is 0 Å². The minimum absolute atomic E-state index is 0.463. The summed E-state index contributed by atoms with van der Waals surface area (Å²) in [7, 11) is 3.50. The van der Waals surface area contributed by atoms with E-state index >= 15 is 0 Å². The van der Waals surface area contributed by atoms with Crippen LogP contribution in [-0.4, -0.2) is 14.2 Å². The molecule has 4 atom stereocenters. The van der Waals surface area contributed by atoms with Gasteiger partial charge in [0.1, 0.15) is 11.5 Å². The zero-order chi connectivity index (χ0) is 12.3. The van der Waals surface area contributed by atoms with Crippen molar-refractivity contribution in [3.63, 3.8) is 0 Å². The average molecular weight is 240 g/mol. The average Bonchev–Trinajstić information content (AvgIpc) is 2.37. The number of rotatable bonds is 2. The number of methoxy groups -OCH3 is 2. The molecular weight excluding hydrogens is 224 g/mol. The van der Waals surface area contributed by atoms with E-state index in [1.54, 1.807) is 14.2 Å². The molecule has 0 aliphatic heterocycles. The van der Waals surface area contributed by atoms with Crippen LogP contribution in [0.2, 0.25) is 0 Å². The lowest BCUT2D eigenvalue weighted by Crippen LogP contribution is -2.38. The molecule has 4 aliphatic rings. The fourth-order valence-electron chi connectivity index (χ4n) is 3.80. The van der Waals surface area contributed by atoms with Crippen LogP contribution in [0.25, 0.3) is 0 Å². The minimum atomic E-state index is 0.463. The van der Waals surface area contributed by atoms with E-state index < -0.39 is 0 Å². The van der Waals surface area contributed by atoms with Crippen molar-refractivity contribution in [1.82, 2.24) is 0 Å². The second-order valence-corrected chi connectivity index (χ2v) is 5.27. The summed E-state index contributed by atoms with van der Waals surface area (Å²) in [6.45, 7) is 0. The molecule has 4 aliphatic carbocycles. The Kier molecular flexibility index (Phi) is 1.94. The summed E-state index contributed by atoms with van der Waals surface area (Å²) in [4.78, 5) is 0. The van der Waals surface area contributed by atoms with Crippen molar-refractivity contribution < 1.29 is 9.47 Å². The maximum absolute atomic E-state index is 5.56. The van der Waals surface area contributed by atoms with Crippen molar-refractivity contribution in [1.29, 1.82) is 0 Å². The Balaban J connectivity index is 1.99. The molecule has 0 saturated heterocycles. The van der Waals surface area contributed by atoms with Crippen LogP contribution in [0.5, 0.6) is 11.5 Å². The van der Waals surface area contributed by atoms with Crippen LogP contribution in [0, 0.1) is 11.8 Å². The van der Waals surface area contributed by atoms with Crippen molar-refractivity contribution >= 4 is 0 Å². The van der Waals surface area contributed by atoms with Crippen molar-refractivity contribution in [3.05, 3.63) is 47.6 Å². The Bertz CT molecular complexity index is 522. The van der Waals surface area contributed by atoms with Gasteiger partial charge in [-0.2, -0.15) is 0 Å². The summed E-state index contributed by atoms with van der Waals surface area (Å²) < 4.78 is 11.1. The molecule has 0 fully saturated rings. The molecule has 1 aromatic carbocycles. The van der Waals surface area contributed by atoms with Gasteiger partial charge < -0.3 is 9.47 Å². The summed E-state index contributed by atoms with van der Waals surface area (Å²) in [5, 5.41) is 0. The number of benzene rings is 1. The van der Waals surface area contributed by atoms with Crippen molar-refractivity contribution in [2.24, 2.45) is 11.8 Å². The van der Waals surface area contributed by atoms with Gasteiger partial charge in [-0.3, -0.25) is 0 Å². The molecule has 0 N–H and O–H groups in total. The molecule has 2 bridgehead atoms. The number of ether oxygens (including phenoxy) is 2. The minimum Gasteiger partial charge on any atom is -0.496 e. The van der Waals surface area contributed by atoms with Gasteiger partial charge in [-0.25, -0.2) is 0 Å². The normalized spacial score (nSPS) is 33.7. The molecule has 0 aromatic heterocycles. The Morgan fingerprint density at radius 3 is 1.50 bits per heavy atom. The Morgan fingerprint density at radius 2 is 1.17 bits per heavy atom. The molecule has 0 heterocycles. The van der Waals surface area contributed by atoms with Gasteiger partial charge in [-0.05, 0) is 24.0 Å². The highest BCUT2D eigenvalue weighted by Crippen LogP contribution is 2.60. The van der Waals surface area contributed by atoms with Gasteiger partial charge >= 0.3 is 0 Å². The van der Waals surface area contributed by atoms with Gasteiger partial charge in [0.05, 0.1) is 14.2 Å². The third-order valence-electron chi connectivity index (χ3n) is 4.67. The van der Waals surface area contributed by atoms with Crippen LogP contribution in [-0.2, 0) is 0 Å². The number of hydrogen-bond acceptors (Lipinski definition) is 2. The second-order valence-electron chi connectivity index (χ2n) is 5.27. The standard InChI is InChI=1S/C16H16O2/c1-17-13-7-8-14(18-2)16-12-6-5-11(15(13)16)9-3-4-10(9)12/h3-12H,1-2H3/t9-,10+,11-,12-/m0/s1. The van der Waals surface area contributed by atoms with Crippen molar-refractivity contribution in [3.8, 4) is 11.5 Å². The van der Waals surface area contributed by atoms with Crippen LogP contribution >= 0.6 is 0 Å². The van der Waals surface area contributed by atoms with E-state index in [1.165, 1.54) is 11.1 Å². The van der Waals surface area contributed by atoms with Gasteiger partial charge in [0.2, 0.25) is 0 Å². The number of allylic oxidation sites excluding steroid dienone is 4. The summed E-state index contributed by atoms with van der Waals surface area (Å²) >= 11 is 0. The third kappa shape index (κ3) is 1.04. The molecule has 18 heavy (non-hydrogen) atoms. The van der Waals surface area contributed by atoms with Crippen LogP contribution in [0.1, 0.15) is 23.0 Å². The molecule has 0 spiro atoms. The highest BCUT2D eigenvalue weighted by Gasteiger charge is 2.47. The Labute approximate surface area is 107 Å². The van der Waals surface area contributed by atoms with E-state index in [0.29, 0.717) is 23.7 Å². The first-order valence-corrected chi connectivity index (χ1v) is 6.46. The van der Waals surface area contributed by atoms with Crippen molar-refractivity contribution in [2.45, 2.75) is 11.8 Å². The molecule has 2 nitrogen and oxygen atoms in total. The molecule has 2 heteroatoms. The first-order chi connectivity index (χ1) is 8.85. The van der Waals surface area contributed by atoms with Crippen molar-refractivity contribution in [2.75, 3.05) is 14.2 Å². The highest BCUT2D eigenvalue weighted by molar-refractivity contribution is 5.61. The predicted octanol–water partition coefficient (Wildman–Crippen LogP) is 3.26. The van der Waals surface area contributed by atoms with Gasteiger partial charge in [0.15, 0.2) is 0 Å². The monoisotopic (exact) mass is 240 g/mol. The molecule has 0 unspecified atom stereocenters. The summed E-state index contributed by atoms with van der Waals surface area (Å²) in [6, 6.07) is 4.06. The van der Waals surface area contributed by atoms with Crippen LogP contribution in [0.15, 0.2) is 36.4 Å². The second kappa shape index (κ2) is 3.41. The molecule has 0 saturated carbocycles. The lowest BCUT2D eigenvalue weighted by Gasteiger charge is -2.49. The lowest BCUT2D eigenvalue weighted by molar-refractivity contribution is 0.294.